The van der Waals surface area contributed by atoms with Gasteiger partial charge in [0.05, 0.1) is 17.9 Å². The molecule has 0 unspecified atom stereocenters. The summed E-state index contributed by atoms with van der Waals surface area (Å²) in [5.41, 5.74) is 1.09. The van der Waals surface area contributed by atoms with Gasteiger partial charge in [-0.2, -0.15) is 0 Å². The average molecular weight is 249 g/mol. The topological polar surface area (TPSA) is 64.1 Å². The Balaban J connectivity index is 1.97. The van der Waals surface area contributed by atoms with E-state index in [1.165, 1.54) is 25.5 Å². The Morgan fingerprint density at radius 2 is 2.33 bits per heavy atom. The van der Waals surface area contributed by atoms with E-state index in [0.29, 0.717) is 23.8 Å². The lowest BCUT2D eigenvalue weighted by Gasteiger charge is -2.25. The molecule has 1 aromatic rings. The van der Waals surface area contributed by atoms with Crippen LogP contribution in [0.25, 0.3) is 0 Å². The summed E-state index contributed by atoms with van der Waals surface area (Å²) < 4.78 is 4.93. The van der Waals surface area contributed by atoms with E-state index in [1.807, 2.05) is 0 Å². The Morgan fingerprint density at radius 3 is 2.89 bits per heavy atom. The molecule has 98 valence electrons. The zero-order valence-electron chi connectivity index (χ0n) is 10.9. The van der Waals surface area contributed by atoms with Crippen molar-refractivity contribution < 1.29 is 9.53 Å². The summed E-state index contributed by atoms with van der Waals surface area (Å²) in [5, 5.41) is 3.21. The standard InChI is InChI=1S/C13H19N3O2/c1-3-18-12(17)11-8-15-13(16-9(11)2)14-7-10-5-4-6-10/h8,10H,3-7H2,1-2H3,(H,14,15,16). The van der Waals surface area contributed by atoms with Crippen molar-refractivity contribution in [2.45, 2.75) is 33.1 Å². The predicted molar refractivity (Wildman–Crippen MR) is 68.6 cm³/mol. The third-order valence-electron chi connectivity index (χ3n) is 3.25. The summed E-state index contributed by atoms with van der Waals surface area (Å²) in [6.07, 6.45) is 5.43. The van der Waals surface area contributed by atoms with E-state index < -0.39 is 0 Å². The van der Waals surface area contributed by atoms with E-state index in [0.717, 1.165) is 12.5 Å². The fraction of sp³-hybridized carbons (Fsp3) is 0.615. The van der Waals surface area contributed by atoms with Crippen LogP contribution in [0.1, 0.15) is 42.2 Å². The Bertz CT molecular complexity index is 430. The van der Waals surface area contributed by atoms with E-state index in [1.54, 1.807) is 13.8 Å². The highest BCUT2D eigenvalue weighted by Gasteiger charge is 2.18. The van der Waals surface area contributed by atoms with Gasteiger partial charge in [0.25, 0.3) is 0 Å². The first-order chi connectivity index (χ1) is 8.70. The number of aryl methyl sites for hydroxylation is 1. The van der Waals surface area contributed by atoms with Crippen LogP contribution in [0.4, 0.5) is 5.95 Å². The van der Waals surface area contributed by atoms with Gasteiger partial charge in [0.15, 0.2) is 0 Å². The van der Waals surface area contributed by atoms with Crippen molar-refractivity contribution in [1.29, 1.82) is 0 Å². The highest BCUT2D eigenvalue weighted by molar-refractivity contribution is 5.90. The van der Waals surface area contributed by atoms with Gasteiger partial charge in [-0.05, 0) is 32.6 Å². The van der Waals surface area contributed by atoms with Crippen LogP contribution in [0.3, 0.4) is 0 Å². The average Bonchev–Trinajstić information content (AvgIpc) is 2.27. The maximum absolute atomic E-state index is 11.6. The van der Waals surface area contributed by atoms with Crippen LogP contribution in [-0.4, -0.2) is 29.1 Å². The molecule has 1 aliphatic carbocycles. The first-order valence-corrected chi connectivity index (χ1v) is 6.45. The molecule has 1 N–H and O–H groups in total. The molecule has 1 fully saturated rings. The molecule has 1 aliphatic rings. The Morgan fingerprint density at radius 1 is 1.56 bits per heavy atom. The number of ether oxygens (including phenoxy) is 1. The van der Waals surface area contributed by atoms with E-state index in [9.17, 15) is 4.79 Å². The first-order valence-electron chi connectivity index (χ1n) is 6.45. The molecular formula is C13H19N3O2. The molecule has 0 radical (unpaired) electrons. The van der Waals surface area contributed by atoms with Crippen LogP contribution in [0.2, 0.25) is 0 Å². The van der Waals surface area contributed by atoms with Crippen molar-refractivity contribution in [1.82, 2.24) is 9.97 Å². The van der Waals surface area contributed by atoms with Crippen LogP contribution >= 0.6 is 0 Å². The minimum Gasteiger partial charge on any atom is -0.462 e. The van der Waals surface area contributed by atoms with Crippen LogP contribution in [0.15, 0.2) is 6.20 Å². The lowest BCUT2D eigenvalue weighted by molar-refractivity contribution is 0.0524. The minimum atomic E-state index is -0.361. The van der Waals surface area contributed by atoms with Crippen molar-refractivity contribution in [3.63, 3.8) is 0 Å². The third kappa shape index (κ3) is 2.97. The van der Waals surface area contributed by atoms with Crippen LogP contribution in [0.5, 0.6) is 0 Å². The molecule has 0 aliphatic heterocycles. The summed E-state index contributed by atoms with van der Waals surface area (Å²) in [7, 11) is 0. The zero-order valence-corrected chi connectivity index (χ0v) is 10.9. The number of hydrogen-bond donors (Lipinski definition) is 1. The molecule has 1 saturated carbocycles. The lowest BCUT2D eigenvalue weighted by Crippen LogP contribution is -2.22. The molecule has 18 heavy (non-hydrogen) atoms. The fourth-order valence-corrected chi connectivity index (χ4v) is 1.89. The molecule has 0 spiro atoms. The van der Waals surface area contributed by atoms with Crippen molar-refractivity contribution in [2.24, 2.45) is 5.92 Å². The molecule has 0 amide bonds. The maximum Gasteiger partial charge on any atom is 0.341 e. The summed E-state index contributed by atoms with van der Waals surface area (Å²) in [6, 6.07) is 0. The highest BCUT2D eigenvalue weighted by Crippen LogP contribution is 2.26. The minimum absolute atomic E-state index is 0.361. The number of hydrogen-bond acceptors (Lipinski definition) is 5. The van der Waals surface area contributed by atoms with Gasteiger partial charge in [-0.3, -0.25) is 0 Å². The lowest BCUT2D eigenvalue weighted by atomic mass is 9.85. The van der Waals surface area contributed by atoms with Gasteiger partial charge in [0, 0.05) is 12.7 Å². The molecule has 0 saturated heterocycles. The fourth-order valence-electron chi connectivity index (χ4n) is 1.89. The molecule has 5 nitrogen and oxygen atoms in total. The SMILES string of the molecule is CCOC(=O)c1cnc(NCC2CCC2)nc1C. The summed E-state index contributed by atoms with van der Waals surface area (Å²) in [6.45, 7) is 4.85. The summed E-state index contributed by atoms with van der Waals surface area (Å²) >= 11 is 0. The number of aromatic nitrogens is 2. The number of rotatable bonds is 5. The van der Waals surface area contributed by atoms with Gasteiger partial charge in [-0.25, -0.2) is 14.8 Å². The van der Waals surface area contributed by atoms with Crippen LogP contribution in [-0.2, 0) is 4.74 Å². The van der Waals surface area contributed by atoms with E-state index in [2.05, 4.69) is 15.3 Å². The quantitative estimate of drug-likeness (QED) is 0.810. The van der Waals surface area contributed by atoms with E-state index >= 15 is 0 Å². The van der Waals surface area contributed by atoms with Gasteiger partial charge in [0.2, 0.25) is 5.95 Å². The van der Waals surface area contributed by atoms with Crippen molar-refractivity contribution in [3.05, 3.63) is 17.5 Å². The molecule has 0 aromatic carbocycles. The molecule has 0 atom stereocenters. The summed E-state index contributed by atoms with van der Waals surface area (Å²) in [4.78, 5) is 20.0. The highest BCUT2D eigenvalue weighted by atomic mass is 16.5. The molecule has 1 heterocycles. The number of carbonyl (C=O) groups excluding carboxylic acids is 1. The van der Waals surface area contributed by atoms with Gasteiger partial charge in [0.1, 0.15) is 0 Å². The Labute approximate surface area is 107 Å². The second kappa shape index (κ2) is 5.80. The molecule has 5 heteroatoms. The van der Waals surface area contributed by atoms with Crippen LogP contribution in [0, 0.1) is 12.8 Å². The first kappa shape index (κ1) is 12.8. The number of carbonyl (C=O) groups is 1. The second-order valence-electron chi connectivity index (χ2n) is 4.59. The van der Waals surface area contributed by atoms with Crippen LogP contribution < -0.4 is 5.32 Å². The number of anilines is 1. The normalized spacial score (nSPS) is 15.0. The Hall–Kier alpha value is -1.65. The van der Waals surface area contributed by atoms with Crippen molar-refractivity contribution in [2.75, 3.05) is 18.5 Å². The smallest absolute Gasteiger partial charge is 0.341 e. The number of nitrogens with one attached hydrogen (secondary N) is 1. The summed E-state index contributed by atoms with van der Waals surface area (Å²) in [5.74, 6) is 0.978. The number of nitrogens with zero attached hydrogens (tertiary/aromatic N) is 2. The maximum atomic E-state index is 11.6. The van der Waals surface area contributed by atoms with Crippen molar-refractivity contribution >= 4 is 11.9 Å². The second-order valence-corrected chi connectivity index (χ2v) is 4.59. The van der Waals surface area contributed by atoms with E-state index in [-0.39, 0.29) is 5.97 Å². The monoisotopic (exact) mass is 249 g/mol. The molecule has 0 bridgehead atoms. The number of esters is 1. The van der Waals surface area contributed by atoms with Gasteiger partial charge in [-0.1, -0.05) is 6.42 Å². The van der Waals surface area contributed by atoms with Gasteiger partial charge >= 0.3 is 5.97 Å². The van der Waals surface area contributed by atoms with Gasteiger partial charge < -0.3 is 10.1 Å². The third-order valence-corrected chi connectivity index (χ3v) is 3.25. The molecule has 2 rings (SSSR count). The largest absolute Gasteiger partial charge is 0.462 e. The molecular weight excluding hydrogens is 230 g/mol. The predicted octanol–water partition coefficient (Wildman–Crippen LogP) is 2.17. The van der Waals surface area contributed by atoms with E-state index in [4.69, 9.17) is 4.74 Å². The van der Waals surface area contributed by atoms with Gasteiger partial charge in [-0.15, -0.1) is 0 Å². The zero-order chi connectivity index (χ0) is 13.0. The Kier molecular flexibility index (Phi) is 4.12. The van der Waals surface area contributed by atoms with Crippen molar-refractivity contribution in [3.8, 4) is 0 Å². The molecule has 1 aromatic heterocycles.